The van der Waals surface area contributed by atoms with Gasteiger partial charge in [0.2, 0.25) is 11.8 Å². The Morgan fingerprint density at radius 2 is 1.55 bits per heavy atom. The van der Waals surface area contributed by atoms with Crippen molar-refractivity contribution in [2.75, 3.05) is 4.90 Å². The summed E-state index contributed by atoms with van der Waals surface area (Å²) in [5.41, 5.74) is 8.26. The molecular weight excluding hydrogens is 789 g/mol. The molecule has 62 heavy (non-hydrogen) atoms. The van der Waals surface area contributed by atoms with Gasteiger partial charge in [0, 0.05) is 17.7 Å². The number of phenolic OH excluding ortho intramolecular Hbond substituents is 1. The molecule has 3 N–H and O–H groups in total. The molecule has 310 valence electrons. The highest BCUT2D eigenvalue weighted by molar-refractivity contribution is 6.23. The van der Waals surface area contributed by atoms with E-state index < -0.39 is 64.4 Å². The van der Waals surface area contributed by atoms with Gasteiger partial charge in [-0.05, 0) is 102 Å². The zero-order chi connectivity index (χ0) is 43.1. The predicted octanol–water partition coefficient (Wildman–Crippen LogP) is 7.64. The lowest BCUT2D eigenvalue weighted by atomic mass is 9.65. The van der Waals surface area contributed by atoms with E-state index in [1.807, 2.05) is 65.6 Å². The van der Waals surface area contributed by atoms with Gasteiger partial charge >= 0.3 is 12.1 Å². The second-order valence-electron chi connectivity index (χ2n) is 15.8. The number of aromatic hydroxyl groups is 1. The number of benzene rings is 5. The van der Waals surface area contributed by atoms with Crippen molar-refractivity contribution in [3.05, 3.63) is 183 Å². The number of non-ortho nitro benzene ring substituents is 1. The fraction of sp³-hybridized carbons (Fsp3) is 0.224. The molecule has 1 aliphatic carbocycles. The number of amides is 3. The van der Waals surface area contributed by atoms with Crippen molar-refractivity contribution < 1.29 is 38.7 Å². The summed E-state index contributed by atoms with van der Waals surface area (Å²) in [6.07, 6.45) is 3.92. The molecule has 3 aliphatic heterocycles. The molecule has 0 saturated carbocycles. The van der Waals surface area contributed by atoms with Crippen molar-refractivity contribution in [1.82, 2.24) is 4.90 Å². The third kappa shape index (κ3) is 6.74. The monoisotopic (exact) mass is 828 g/mol. The number of carbonyl (C=O) groups excluding carboxylic acids is 4. The first-order chi connectivity index (χ1) is 30.1. The minimum absolute atomic E-state index is 0.0622. The fourth-order valence-electron chi connectivity index (χ4n) is 9.68. The van der Waals surface area contributed by atoms with E-state index in [0.717, 1.165) is 36.2 Å². The van der Waals surface area contributed by atoms with E-state index in [9.17, 15) is 29.6 Å². The van der Waals surface area contributed by atoms with E-state index in [0.29, 0.717) is 27.8 Å². The van der Waals surface area contributed by atoms with Crippen molar-refractivity contribution in [1.29, 1.82) is 0 Å². The Labute approximate surface area is 356 Å². The maximum atomic E-state index is 16.0. The maximum absolute atomic E-state index is 16.0. The van der Waals surface area contributed by atoms with E-state index in [-0.39, 0.29) is 29.3 Å². The number of fused-ring (bicyclic) bond motifs is 3. The number of phenols is 1. The smallest absolute Gasteiger partial charge is 0.421 e. The Balaban J connectivity index is 1.27. The van der Waals surface area contributed by atoms with Gasteiger partial charge in [0.1, 0.15) is 29.9 Å². The van der Waals surface area contributed by atoms with E-state index in [1.54, 1.807) is 30.3 Å². The summed E-state index contributed by atoms with van der Waals surface area (Å²) in [6, 6.07) is 31.6. The second kappa shape index (κ2) is 16.1. The van der Waals surface area contributed by atoms with E-state index in [2.05, 4.69) is 17.9 Å². The minimum atomic E-state index is -2.07. The Morgan fingerprint density at radius 3 is 2.19 bits per heavy atom. The molecule has 0 radical (unpaired) electrons. The molecule has 1 spiro atoms. The Kier molecular flexibility index (Phi) is 10.4. The lowest BCUT2D eigenvalue weighted by Gasteiger charge is -2.46. The highest BCUT2D eigenvalue weighted by Gasteiger charge is 2.75. The van der Waals surface area contributed by atoms with Crippen molar-refractivity contribution in [2.45, 2.75) is 61.9 Å². The van der Waals surface area contributed by atoms with Crippen LogP contribution in [-0.2, 0) is 35.9 Å². The number of carbonyl (C=O) groups is 4. The summed E-state index contributed by atoms with van der Waals surface area (Å²) in [5, 5.41) is 21.8. The average Bonchev–Trinajstić information content (AvgIpc) is 3.75. The van der Waals surface area contributed by atoms with Crippen LogP contribution in [0.15, 0.2) is 139 Å². The third-order valence-electron chi connectivity index (χ3n) is 12.3. The van der Waals surface area contributed by atoms with Crippen LogP contribution in [0.1, 0.15) is 77.3 Å². The maximum Gasteiger partial charge on any atom is 0.421 e. The van der Waals surface area contributed by atoms with Crippen molar-refractivity contribution in [3.8, 4) is 17.6 Å². The summed E-state index contributed by atoms with van der Waals surface area (Å²) in [5.74, 6) is 2.20. The van der Waals surface area contributed by atoms with Crippen molar-refractivity contribution in [2.24, 2.45) is 11.7 Å². The number of nitrogens with two attached hydrogens (primary N) is 1. The average molecular weight is 829 g/mol. The molecule has 13 nitrogen and oxygen atoms in total. The topological polar surface area (TPSA) is 183 Å². The SMILES string of the molecule is NC(=O)[C@@H]1[C@H]2C(=O)O[C@H](c3ccccc3)[C@H](c3ccccc3)N2[C@H](c2ccc(O)cc2)[C@@]12C(=O)N(C(=O)OCc1ccc([N+](=O)[O-])cc1)c1ccc(C#CC3=CCCCC3)cc12. The van der Waals surface area contributed by atoms with Gasteiger partial charge in [-0.1, -0.05) is 90.7 Å². The highest BCUT2D eigenvalue weighted by Crippen LogP contribution is 2.65. The summed E-state index contributed by atoms with van der Waals surface area (Å²) < 4.78 is 12.1. The van der Waals surface area contributed by atoms with Crippen LogP contribution < -0.4 is 10.6 Å². The first-order valence-corrected chi connectivity index (χ1v) is 20.3. The number of primary amides is 1. The number of cyclic esters (lactones) is 1. The molecule has 5 aromatic rings. The van der Waals surface area contributed by atoms with Crippen molar-refractivity contribution in [3.63, 3.8) is 0 Å². The highest BCUT2D eigenvalue weighted by atomic mass is 16.6. The lowest BCUT2D eigenvalue weighted by molar-refractivity contribution is -0.384. The number of nitrogens with zero attached hydrogens (tertiary/aromatic N) is 3. The summed E-state index contributed by atoms with van der Waals surface area (Å²) in [4.78, 5) is 73.1. The van der Waals surface area contributed by atoms with Crippen LogP contribution in [0, 0.1) is 27.9 Å². The fourth-order valence-corrected chi connectivity index (χ4v) is 9.68. The van der Waals surface area contributed by atoms with E-state index in [1.165, 1.54) is 36.4 Å². The number of morpholine rings is 1. The molecule has 5 aromatic carbocycles. The number of imide groups is 1. The van der Waals surface area contributed by atoms with Crippen LogP contribution >= 0.6 is 0 Å². The molecule has 4 aliphatic rings. The molecule has 2 fully saturated rings. The molecule has 3 amide bonds. The molecule has 0 unspecified atom stereocenters. The van der Waals surface area contributed by atoms with Gasteiger partial charge in [0.15, 0.2) is 0 Å². The zero-order valence-electron chi connectivity index (χ0n) is 33.3. The van der Waals surface area contributed by atoms with Crippen LogP contribution in [0.4, 0.5) is 16.2 Å². The van der Waals surface area contributed by atoms with Crippen molar-refractivity contribution >= 4 is 35.3 Å². The van der Waals surface area contributed by atoms with E-state index in [4.69, 9.17) is 15.2 Å². The first kappa shape index (κ1) is 39.9. The molecular formula is C49H40N4O9. The standard InChI is InChI=1S/C49H40N4O9/c50-45(55)40-42-46(56)62-43(34-14-8-3-9-15-34)41(33-12-6-2-7-13-33)52(42)44(35-21-25-37(54)26-22-35)49(40)38-28-31(17-16-30-10-4-1-5-11-30)20-27-39(38)51(47(49)57)48(58)61-29-32-18-23-36(24-19-32)53(59)60/h2-3,6-10,12-15,18-28,40-44,54H,1,4-5,11,29H2,(H2,50,55)/t40-,41-,42-,43+,44+,49-/m0/s1. The van der Waals surface area contributed by atoms with Crippen LogP contribution in [0.25, 0.3) is 0 Å². The molecule has 0 bridgehead atoms. The number of allylic oxidation sites excluding steroid dienone is 2. The predicted molar refractivity (Wildman–Crippen MR) is 226 cm³/mol. The van der Waals surface area contributed by atoms with Gasteiger partial charge < -0.3 is 20.3 Å². The number of hydrogen-bond acceptors (Lipinski definition) is 10. The Morgan fingerprint density at radius 1 is 0.855 bits per heavy atom. The largest absolute Gasteiger partial charge is 0.508 e. The number of rotatable bonds is 7. The quantitative estimate of drug-likeness (QED) is 0.0716. The van der Waals surface area contributed by atoms with E-state index >= 15 is 4.79 Å². The minimum Gasteiger partial charge on any atom is -0.508 e. The molecule has 0 aromatic heterocycles. The number of nitro groups is 1. The van der Waals surface area contributed by atoms with Gasteiger partial charge in [-0.25, -0.2) is 9.69 Å². The first-order valence-electron chi connectivity index (χ1n) is 20.3. The van der Waals surface area contributed by atoms with Gasteiger partial charge in [-0.15, -0.1) is 0 Å². The van der Waals surface area contributed by atoms with Crippen LogP contribution in [-0.4, -0.2) is 44.8 Å². The number of anilines is 1. The van der Waals surface area contributed by atoms with Gasteiger partial charge in [-0.3, -0.25) is 29.4 Å². The summed E-state index contributed by atoms with van der Waals surface area (Å²) in [7, 11) is 0. The summed E-state index contributed by atoms with van der Waals surface area (Å²) in [6.45, 7) is -0.349. The molecule has 13 heteroatoms. The van der Waals surface area contributed by atoms with Gasteiger partial charge in [0.25, 0.3) is 5.69 Å². The number of ether oxygens (including phenoxy) is 2. The zero-order valence-corrected chi connectivity index (χ0v) is 33.3. The number of esters is 1. The normalized spacial score (nSPS) is 24.0. The van der Waals surface area contributed by atoms with Crippen LogP contribution in [0.2, 0.25) is 0 Å². The Hall–Kier alpha value is -7.56. The molecule has 6 atom stereocenters. The van der Waals surface area contributed by atoms with Crippen LogP contribution in [0.5, 0.6) is 5.75 Å². The van der Waals surface area contributed by atoms with Gasteiger partial charge in [0.05, 0.1) is 28.6 Å². The number of nitro benzene ring substituents is 1. The molecule has 2 saturated heterocycles. The van der Waals surface area contributed by atoms with Crippen LogP contribution in [0.3, 0.4) is 0 Å². The molecule has 3 heterocycles. The summed E-state index contributed by atoms with van der Waals surface area (Å²) >= 11 is 0. The molecule has 9 rings (SSSR count). The second-order valence-corrected chi connectivity index (χ2v) is 15.8. The lowest BCUT2D eigenvalue weighted by Crippen LogP contribution is -2.55. The third-order valence-corrected chi connectivity index (χ3v) is 12.3. The Bertz CT molecular complexity index is 2690. The number of hydrogen-bond donors (Lipinski definition) is 2. The van der Waals surface area contributed by atoms with Gasteiger partial charge in [-0.2, -0.15) is 0 Å².